The van der Waals surface area contributed by atoms with Crippen molar-refractivity contribution in [1.29, 1.82) is 0 Å². The lowest BCUT2D eigenvalue weighted by Crippen LogP contribution is -1.97. The molecule has 2 rings (SSSR count). The molecule has 106 valence electrons. The third-order valence-electron chi connectivity index (χ3n) is 2.36. The van der Waals surface area contributed by atoms with E-state index in [9.17, 15) is 4.39 Å². The fraction of sp³-hybridized carbons (Fsp3) is 0.286. The number of nitrogens with one attached hydrogen (secondary N) is 1. The predicted octanol–water partition coefficient (Wildman–Crippen LogP) is 3.83. The van der Waals surface area contributed by atoms with Crippen molar-refractivity contribution in [2.75, 3.05) is 12.0 Å². The summed E-state index contributed by atoms with van der Waals surface area (Å²) in [5, 5.41) is 6.67. The Morgan fingerprint density at radius 1 is 1.45 bits per heavy atom. The fourth-order valence-electron chi connectivity index (χ4n) is 1.53. The molecule has 0 saturated heterocycles. The Labute approximate surface area is 121 Å². The van der Waals surface area contributed by atoms with Crippen LogP contribution in [0.25, 0.3) is 0 Å². The molecule has 1 aromatic heterocycles. The second kappa shape index (κ2) is 7.00. The number of thiazole rings is 1. The average molecular weight is 293 g/mol. The Balaban J connectivity index is 2.02. The number of rotatable bonds is 6. The van der Waals surface area contributed by atoms with Gasteiger partial charge in [-0.3, -0.25) is 5.43 Å². The molecule has 0 bridgehead atoms. The molecular weight excluding hydrogens is 277 g/mol. The van der Waals surface area contributed by atoms with Gasteiger partial charge in [0, 0.05) is 17.0 Å². The smallest absolute Gasteiger partial charge is 0.203 e. The molecule has 0 aliphatic rings. The van der Waals surface area contributed by atoms with Crippen LogP contribution in [-0.2, 0) is 0 Å². The van der Waals surface area contributed by atoms with Crippen LogP contribution in [0, 0.1) is 12.7 Å². The quantitative estimate of drug-likeness (QED) is 0.650. The number of ether oxygens (including phenoxy) is 1. The summed E-state index contributed by atoms with van der Waals surface area (Å²) in [7, 11) is 0. The lowest BCUT2D eigenvalue weighted by Gasteiger charge is -2.05. The minimum Gasteiger partial charge on any atom is -0.493 e. The zero-order valence-electron chi connectivity index (χ0n) is 11.4. The van der Waals surface area contributed by atoms with Crippen LogP contribution in [0.3, 0.4) is 0 Å². The van der Waals surface area contributed by atoms with Crippen LogP contribution in [0.5, 0.6) is 5.75 Å². The summed E-state index contributed by atoms with van der Waals surface area (Å²) in [4.78, 5) is 4.21. The number of hydrazone groups is 1. The first-order valence-corrected chi connectivity index (χ1v) is 7.20. The van der Waals surface area contributed by atoms with Gasteiger partial charge in [0.2, 0.25) is 5.13 Å². The van der Waals surface area contributed by atoms with E-state index in [-0.39, 0.29) is 5.82 Å². The predicted molar refractivity (Wildman–Crippen MR) is 80.3 cm³/mol. The van der Waals surface area contributed by atoms with Crippen molar-refractivity contribution < 1.29 is 9.13 Å². The molecule has 6 heteroatoms. The molecular formula is C14H16FN3OS. The maximum Gasteiger partial charge on any atom is 0.203 e. The topological polar surface area (TPSA) is 46.5 Å². The van der Waals surface area contributed by atoms with Crippen molar-refractivity contribution >= 4 is 22.7 Å². The van der Waals surface area contributed by atoms with Gasteiger partial charge in [0.25, 0.3) is 0 Å². The molecule has 0 saturated carbocycles. The van der Waals surface area contributed by atoms with Crippen molar-refractivity contribution in [2.45, 2.75) is 20.3 Å². The number of hydrogen-bond acceptors (Lipinski definition) is 5. The van der Waals surface area contributed by atoms with E-state index in [0.717, 1.165) is 12.1 Å². The second-order valence-corrected chi connectivity index (χ2v) is 5.09. The zero-order valence-corrected chi connectivity index (χ0v) is 12.2. The molecule has 1 heterocycles. The van der Waals surface area contributed by atoms with Gasteiger partial charge < -0.3 is 4.74 Å². The molecule has 2 aromatic rings. The van der Waals surface area contributed by atoms with Gasteiger partial charge in [-0.05, 0) is 25.5 Å². The molecule has 0 unspecified atom stereocenters. The van der Waals surface area contributed by atoms with E-state index in [4.69, 9.17) is 4.74 Å². The van der Waals surface area contributed by atoms with Gasteiger partial charge in [-0.2, -0.15) is 5.10 Å². The van der Waals surface area contributed by atoms with Crippen molar-refractivity contribution in [2.24, 2.45) is 5.10 Å². The van der Waals surface area contributed by atoms with Gasteiger partial charge in [0.15, 0.2) is 0 Å². The van der Waals surface area contributed by atoms with E-state index in [1.165, 1.54) is 23.5 Å². The van der Waals surface area contributed by atoms with E-state index < -0.39 is 0 Å². The van der Waals surface area contributed by atoms with Crippen LogP contribution < -0.4 is 10.2 Å². The number of aryl methyl sites for hydroxylation is 1. The van der Waals surface area contributed by atoms with Gasteiger partial charge in [-0.1, -0.05) is 6.92 Å². The normalized spacial score (nSPS) is 10.9. The Hall–Kier alpha value is -1.95. The van der Waals surface area contributed by atoms with Crippen molar-refractivity contribution in [1.82, 2.24) is 4.98 Å². The molecule has 1 aromatic carbocycles. The Morgan fingerprint density at radius 3 is 3.00 bits per heavy atom. The van der Waals surface area contributed by atoms with E-state index >= 15 is 0 Å². The van der Waals surface area contributed by atoms with Crippen LogP contribution in [-0.4, -0.2) is 17.8 Å². The minimum absolute atomic E-state index is 0.342. The van der Waals surface area contributed by atoms with Crippen molar-refractivity contribution in [3.63, 3.8) is 0 Å². The van der Waals surface area contributed by atoms with E-state index in [1.54, 1.807) is 12.3 Å². The summed E-state index contributed by atoms with van der Waals surface area (Å²) in [6.07, 6.45) is 2.42. The van der Waals surface area contributed by atoms with Crippen LogP contribution in [0.4, 0.5) is 9.52 Å². The first kappa shape index (κ1) is 14.5. The summed E-state index contributed by atoms with van der Waals surface area (Å²) >= 11 is 1.47. The Bertz CT molecular complexity index is 598. The SMILES string of the molecule is CCCOc1cc(F)cc(C=NNc2nc(C)cs2)c1. The molecule has 0 aliphatic carbocycles. The number of benzene rings is 1. The highest BCUT2D eigenvalue weighted by Crippen LogP contribution is 2.16. The van der Waals surface area contributed by atoms with Gasteiger partial charge >= 0.3 is 0 Å². The molecule has 0 aliphatic heterocycles. The Morgan fingerprint density at radius 2 is 2.30 bits per heavy atom. The van der Waals surface area contributed by atoms with Crippen LogP contribution in [0.1, 0.15) is 24.6 Å². The van der Waals surface area contributed by atoms with Crippen LogP contribution in [0.15, 0.2) is 28.7 Å². The number of nitrogens with zero attached hydrogens (tertiary/aromatic N) is 2. The third kappa shape index (κ3) is 4.31. The summed E-state index contributed by atoms with van der Waals surface area (Å²) in [5.74, 6) is 0.170. The second-order valence-electron chi connectivity index (χ2n) is 4.23. The average Bonchev–Trinajstić information content (AvgIpc) is 2.81. The standard InChI is InChI=1S/C14H16FN3OS/c1-3-4-19-13-6-11(5-12(15)7-13)8-16-18-14-17-10(2)9-20-14/h5-9H,3-4H2,1-2H3,(H,17,18). The lowest BCUT2D eigenvalue weighted by molar-refractivity contribution is 0.316. The Kier molecular flexibility index (Phi) is 5.06. The molecule has 4 nitrogen and oxygen atoms in total. The molecule has 0 radical (unpaired) electrons. The molecule has 20 heavy (non-hydrogen) atoms. The lowest BCUT2D eigenvalue weighted by atomic mass is 10.2. The highest BCUT2D eigenvalue weighted by atomic mass is 32.1. The molecule has 1 N–H and O–H groups in total. The summed E-state index contributed by atoms with van der Waals surface area (Å²) in [6.45, 7) is 4.48. The van der Waals surface area contributed by atoms with Crippen molar-refractivity contribution in [3.05, 3.63) is 40.7 Å². The largest absolute Gasteiger partial charge is 0.493 e. The molecule has 0 atom stereocenters. The highest BCUT2D eigenvalue weighted by Gasteiger charge is 2.00. The maximum absolute atomic E-state index is 13.4. The highest BCUT2D eigenvalue weighted by molar-refractivity contribution is 7.13. The number of hydrogen-bond donors (Lipinski definition) is 1. The monoisotopic (exact) mass is 293 g/mol. The minimum atomic E-state index is -0.342. The van der Waals surface area contributed by atoms with E-state index in [2.05, 4.69) is 15.5 Å². The third-order valence-corrected chi connectivity index (χ3v) is 3.22. The number of anilines is 1. The van der Waals surface area contributed by atoms with Gasteiger partial charge in [0.05, 0.1) is 18.5 Å². The van der Waals surface area contributed by atoms with E-state index in [0.29, 0.717) is 23.1 Å². The van der Waals surface area contributed by atoms with Gasteiger partial charge in [0.1, 0.15) is 11.6 Å². The molecule has 0 amide bonds. The first-order valence-electron chi connectivity index (χ1n) is 6.32. The fourth-order valence-corrected chi connectivity index (χ4v) is 2.17. The van der Waals surface area contributed by atoms with Crippen LogP contribution >= 0.6 is 11.3 Å². The zero-order chi connectivity index (χ0) is 14.4. The molecule has 0 spiro atoms. The van der Waals surface area contributed by atoms with Crippen molar-refractivity contribution in [3.8, 4) is 5.75 Å². The first-order chi connectivity index (χ1) is 9.67. The maximum atomic E-state index is 13.4. The van der Waals surface area contributed by atoms with Crippen LogP contribution in [0.2, 0.25) is 0 Å². The summed E-state index contributed by atoms with van der Waals surface area (Å²) in [5.41, 5.74) is 4.38. The van der Waals surface area contributed by atoms with E-state index in [1.807, 2.05) is 19.2 Å². The summed E-state index contributed by atoms with van der Waals surface area (Å²) < 4.78 is 18.8. The molecule has 0 fully saturated rings. The van der Waals surface area contributed by atoms with Gasteiger partial charge in [-0.25, -0.2) is 9.37 Å². The number of halogens is 1. The van der Waals surface area contributed by atoms with Gasteiger partial charge in [-0.15, -0.1) is 11.3 Å². The number of aromatic nitrogens is 1. The summed E-state index contributed by atoms with van der Waals surface area (Å²) in [6, 6.07) is 4.51.